The molecule has 108 valence electrons. The van der Waals surface area contributed by atoms with E-state index in [4.69, 9.17) is 0 Å². The fourth-order valence-corrected chi connectivity index (χ4v) is 2.03. The fraction of sp³-hybridized carbons (Fsp3) is 0.462. The van der Waals surface area contributed by atoms with Crippen molar-refractivity contribution in [1.29, 1.82) is 0 Å². The largest absolute Gasteiger partial charge is 0.504 e. The molecule has 0 aromatic carbocycles. The van der Waals surface area contributed by atoms with Crippen LogP contribution < -0.4 is 5.32 Å². The quantitative estimate of drug-likeness (QED) is 0.515. The van der Waals surface area contributed by atoms with Gasteiger partial charge in [0.2, 0.25) is 5.91 Å². The molecule has 0 radical (unpaired) electrons. The number of hydrogen-bond donors (Lipinski definition) is 3. The summed E-state index contributed by atoms with van der Waals surface area (Å²) in [7, 11) is 1.50. The predicted molar refractivity (Wildman–Crippen MR) is 72.6 cm³/mol. The highest BCUT2D eigenvalue weighted by atomic mass is 16.3. The van der Waals surface area contributed by atoms with Crippen molar-refractivity contribution in [2.75, 3.05) is 13.6 Å². The topological polar surface area (TPSA) is 98.3 Å². The Kier molecular flexibility index (Phi) is 3.29. The van der Waals surface area contributed by atoms with Gasteiger partial charge < -0.3 is 20.3 Å². The van der Waals surface area contributed by atoms with Crippen LogP contribution in [0.25, 0.3) is 5.76 Å². The number of H-pyrrole nitrogens is 1. The van der Waals surface area contributed by atoms with Crippen LogP contribution in [-0.2, 0) is 15.0 Å². The maximum absolute atomic E-state index is 12.0. The molecule has 1 aliphatic heterocycles. The highest BCUT2D eigenvalue weighted by Crippen LogP contribution is 2.28. The van der Waals surface area contributed by atoms with Gasteiger partial charge in [-0.25, -0.2) is 4.98 Å². The normalized spacial score (nSPS) is 19.1. The molecule has 1 fully saturated rings. The highest BCUT2D eigenvalue weighted by molar-refractivity contribution is 6.07. The van der Waals surface area contributed by atoms with E-state index in [0.29, 0.717) is 5.69 Å². The zero-order valence-corrected chi connectivity index (χ0v) is 11.9. The second-order valence-electron chi connectivity index (χ2n) is 5.81. The molecule has 20 heavy (non-hydrogen) atoms. The second-order valence-corrected chi connectivity index (χ2v) is 5.81. The smallest absolute Gasteiger partial charge is 0.274 e. The van der Waals surface area contributed by atoms with Crippen molar-refractivity contribution in [3.8, 4) is 0 Å². The number of carbonyl (C=O) groups excluding carboxylic acids is 2. The molecule has 0 aliphatic carbocycles. The fourth-order valence-electron chi connectivity index (χ4n) is 2.03. The van der Waals surface area contributed by atoms with Crippen molar-refractivity contribution in [2.24, 2.45) is 0 Å². The van der Waals surface area contributed by atoms with Gasteiger partial charge in [0.15, 0.2) is 11.5 Å². The molecule has 1 aromatic rings. The molecule has 0 unspecified atom stereocenters. The SMILES string of the molecule is CN1CC(=O)N/C(=C(/O)c2nc[nH]c2C(C)(C)C)C1=O. The molecule has 7 heteroatoms. The first kappa shape index (κ1) is 14.1. The van der Waals surface area contributed by atoms with Gasteiger partial charge in [0.1, 0.15) is 5.69 Å². The molecule has 0 spiro atoms. The van der Waals surface area contributed by atoms with E-state index < -0.39 is 5.91 Å². The van der Waals surface area contributed by atoms with E-state index in [1.54, 1.807) is 0 Å². The number of nitrogens with one attached hydrogen (secondary N) is 2. The first-order chi connectivity index (χ1) is 9.21. The zero-order chi connectivity index (χ0) is 15.1. The Bertz CT molecular complexity index is 595. The number of rotatable bonds is 1. The summed E-state index contributed by atoms with van der Waals surface area (Å²) in [4.78, 5) is 31.8. The average molecular weight is 278 g/mol. The maximum Gasteiger partial charge on any atom is 0.274 e. The lowest BCUT2D eigenvalue weighted by Crippen LogP contribution is -2.48. The lowest BCUT2D eigenvalue weighted by Gasteiger charge is -2.25. The van der Waals surface area contributed by atoms with E-state index in [-0.39, 0.29) is 35.0 Å². The van der Waals surface area contributed by atoms with Gasteiger partial charge in [-0.05, 0) is 0 Å². The maximum atomic E-state index is 12.0. The number of imidazole rings is 1. The minimum Gasteiger partial charge on any atom is -0.504 e. The molecule has 1 aliphatic rings. The Morgan fingerprint density at radius 2 is 2.05 bits per heavy atom. The van der Waals surface area contributed by atoms with Crippen molar-refractivity contribution >= 4 is 17.6 Å². The number of carbonyl (C=O) groups is 2. The van der Waals surface area contributed by atoms with Crippen LogP contribution in [0.1, 0.15) is 32.2 Å². The zero-order valence-electron chi connectivity index (χ0n) is 11.9. The van der Waals surface area contributed by atoms with Crippen LogP contribution in [0, 0.1) is 0 Å². The van der Waals surface area contributed by atoms with Crippen LogP contribution in [-0.4, -0.2) is 45.4 Å². The van der Waals surface area contributed by atoms with Crippen LogP contribution in [0.4, 0.5) is 0 Å². The van der Waals surface area contributed by atoms with Gasteiger partial charge in [0, 0.05) is 12.5 Å². The molecule has 2 heterocycles. The molecule has 0 saturated carbocycles. The number of aliphatic hydroxyl groups is 1. The molecule has 2 rings (SSSR count). The molecule has 0 atom stereocenters. The van der Waals surface area contributed by atoms with Crippen LogP contribution in [0.2, 0.25) is 0 Å². The molecular weight excluding hydrogens is 260 g/mol. The van der Waals surface area contributed by atoms with Crippen molar-refractivity contribution in [1.82, 2.24) is 20.2 Å². The Hall–Kier alpha value is -2.31. The molecule has 1 aromatic heterocycles. The summed E-state index contributed by atoms with van der Waals surface area (Å²) >= 11 is 0. The van der Waals surface area contributed by atoms with Crippen molar-refractivity contribution in [2.45, 2.75) is 26.2 Å². The summed E-state index contributed by atoms with van der Waals surface area (Å²) < 4.78 is 0. The summed E-state index contributed by atoms with van der Waals surface area (Å²) in [5.74, 6) is -1.10. The Balaban J connectivity index is 2.52. The molecule has 3 N–H and O–H groups in total. The summed E-state index contributed by atoms with van der Waals surface area (Å²) in [5, 5.41) is 12.7. The Morgan fingerprint density at radius 3 is 2.65 bits per heavy atom. The minimum atomic E-state index is -0.440. The van der Waals surface area contributed by atoms with Gasteiger partial charge in [-0.1, -0.05) is 20.8 Å². The third-order valence-electron chi connectivity index (χ3n) is 3.06. The second kappa shape index (κ2) is 4.66. The van der Waals surface area contributed by atoms with Crippen LogP contribution >= 0.6 is 0 Å². The third-order valence-corrected chi connectivity index (χ3v) is 3.06. The minimum absolute atomic E-state index is 0.0255. The lowest BCUT2D eigenvalue weighted by atomic mass is 9.90. The van der Waals surface area contributed by atoms with E-state index in [0.717, 1.165) is 0 Å². The van der Waals surface area contributed by atoms with E-state index in [1.165, 1.54) is 18.3 Å². The average Bonchev–Trinajstić information content (AvgIpc) is 2.81. The molecular formula is C13H18N4O3. The first-order valence-corrected chi connectivity index (χ1v) is 6.24. The van der Waals surface area contributed by atoms with Crippen LogP contribution in [0.3, 0.4) is 0 Å². The number of likely N-dealkylation sites (N-methyl/N-ethyl adjacent to an activating group) is 1. The van der Waals surface area contributed by atoms with Crippen molar-refractivity contribution in [3.05, 3.63) is 23.4 Å². The standard InChI is InChI=1S/C13H18N4O3/c1-13(2,3)11-8(14-6-15-11)10(19)9-12(20)17(4)5-7(18)16-9/h6,19H,5H2,1-4H3,(H,14,15)(H,16,18)/b10-9+. The van der Waals surface area contributed by atoms with Gasteiger partial charge >= 0.3 is 0 Å². The summed E-state index contributed by atoms with van der Waals surface area (Å²) in [6.45, 7) is 5.84. The number of aliphatic hydroxyl groups excluding tert-OH is 1. The number of aromatic nitrogens is 2. The number of aromatic amines is 1. The highest BCUT2D eigenvalue weighted by Gasteiger charge is 2.31. The Labute approximate surface area is 116 Å². The molecule has 2 amide bonds. The van der Waals surface area contributed by atoms with Gasteiger partial charge in [0.25, 0.3) is 5.91 Å². The molecule has 7 nitrogen and oxygen atoms in total. The number of nitrogens with zero attached hydrogens (tertiary/aromatic N) is 2. The first-order valence-electron chi connectivity index (χ1n) is 6.24. The number of amides is 2. The third kappa shape index (κ3) is 2.38. The van der Waals surface area contributed by atoms with E-state index in [1.807, 2.05) is 20.8 Å². The molecule has 1 saturated heterocycles. The molecule has 0 bridgehead atoms. The predicted octanol–water partition coefficient (Wildman–Crippen LogP) is 0.522. The lowest BCUT2D eigenvalue weighted by molar-refractivity contribution is -0.136. The van der Waals surface area contributed by atoms with E-state index in [2.05, 4.69) is 15.3 Å². The van der Waals surface area contributed by atoms with E-state index in [9.17, 15) is 14.7 Å². The number of hydrogen-bond acceptors (Lipinski definition) is 4. The van der Waals surface area contributed by atoms with E-state index >= 15 is 0 Å². The van der Waals surface area contributed by atoms with Gasteiger partial charge in [-0.2, -0.15) is 0 Å². The van der Waals surface area contributed by atoms with Crippen LogP contribution in [0.5, 0.6) is 0 Å². The van der Waals surface area contributed by atoms with Crippen molar-refractivity contribution in [3.63, 3.8) is 0 Å². The summed E-state index contributed by atoms with van der Waals surface area (Å²) in [6, 6.07) is 0. The Morgan fingerprint density at radius 1 is 1.40 bits per heavy atom. The summed E-state index contributed by atoms with van der Waals surface area (Å²) in [6.07, 6.45) is 1.45. The monoisotopic (exact) mass is 278 g/mol. The van der Waals surface area contributed by atoms with Gasteiger partial charge in [-0.3, -0.25) is 9.59 Å². The van der Waals surface area contributed by atoms with Crippen molar-refractivity contribution < 1.29 is 14.7 Å². The number of piperazine rings is 1. The van der Waals surface area contributed by atoms with Crippen LogP contribution in [0.15, 0.2) is 12.0 Å². The summed E-state index contributed by atoms with van der Waals surface area (Å²) in [5.41, 5.74) is 0.546. The van der Waals surface area contributed by atoms with Gasteiger partial charge in [-0.15, -0.1) is 0 Å². The van der Waals surface area contributed by atoms with Gasteiger partial charge in [0.05, 0.1) is 18.6 Å².